The average Bonchev–Trinajstić information content (AvgIpc) is 2.95. The van der Waals surface area contributed by atoms with Gasteiger partial charge in [0, 0.05) is 30.8 Å². The monoisotopic (exact) mass is 334 g/mol. The van der Waals surface area contributed by atoms with Crippen LogP contribution in [0.25, 0.3) is 0 Å². The van der Waals surface area contributed by atoms with E-state index >= 15 is 0 Å². The van der Waals surface area contributed by atoms with Crippen LogP contribution in [0, 0.1) is 11.8 Å². The van der Waals surface area contributed by atoms with Gasteiger partial charge in [0.25, 0.3) is 0 Å². The fraction of sp³-hybridized carbons (Fsp3) is 0.667. The van der Waals surface area contributed by atoms with Crippen LogP contribution in [0.4, 0.5) is 4.39 Å². The van der Waals surface area contributed by atoms with E-state index in [2.05, 4.69) is 4.98 Å². The van der Waals surface area contributed by atoms with Crippen molar-refractivity contribution < 1.29 is 18.7 Å². The van der Waals surface area contributed by atoms with Crippen molar-refractivity contribution in [3.8, 4) is 0 Å². The van der Waals surface area contributed by atoms with E-state index < -0.39 is 6.17 Å². The second kappa shape index (κ2) is 6.41. The van der Waals surface area contributed by atoms with Gasteiger partial charge in [-0.05, 0) is 37.0 Å². The van der Waals surface area contributed by atoms with Gasteiger partial charge in [0.1, 0.15) is 11.8 Å². The number of aromatic nitrogens is 1. The molecular weight excluding hydrogens is 311 g/mol. The number of pyridine rings is 1. The number of hydrogen-bond acceptors (Lipinski definition) is 4. The molecule has 3 aliphatic rings. The van der Waals surface area contributed by atoms with Crippen LogP contribution in [0.1, 0.15) is 24.8 Å². The SMILES string of the molecule is O=C(C1CC(F)C1)N1CC2(C1)OCC[C@@H]2COCc1ccncc1. The fourth-order valence-corrected chi connectivity index (χ4v) is 3.93. The molecule has 6 heteroatoms. The Bertz CT molecular complexity index is 585. The highest BCUT2D eigenvalue weighted by atomic mass is 19.1. The van der Waals surface area contributed by atoms with E-state index in [0.717, 1.165) is 18.6 Å². The Kier molecular flexibility index (Phi) is 4.26. The first-order valence-electron chi connectivity index (χ1n) is 8.70. The molecule has 130 valence electrons. The molecule has 0 bridgehead atoms. The maximum Gasteiger partial charge on any atom is 0.226 e. The predicted octanol–water partition coefficient (Wildman–Crippen LogP) is 1.96. The molecule has 0 aromatic carbocycles. The minimum absolute atomic E-state index is 0.0986. The molecule has 3 heterocycles. The zero-order valence-electron chi connectivity index (χ0n) is 13.7. The van der Waals surface area contributed by atoms with E-state index in [1.807, 2.05) is 17.0 Å². The van der Waals surface area contributed by atoms with E-state index in [1.54, 1.807) is 12.4 Å². The lowest BCUT2D eigenvalue weighted by atomic mass is 9.77. The second-order valence-corrected chi connectivity index (χ2v) is 7.23. The molecule has 2 saturated heterocycles. The molecule has 2 aliphatic heterocycles. The van der Waals surface area contributed by atoms with Crippen molar-refractivity contribution >= 4 is 5.91 Å². The van der Waals surface area contributed by atoms with Gasteiger partial charge in [-0.25, -0.2) is 4.39 Å². The van der Waals surface area contributed by atoms with Crippen LogP contribution in [0.5, 0.6) is 0 Å². The van der Waals surface area contributed by atoms with Crippen LogP contribution in [-0.4, -0.2) is 53.9 Å². The Morgan fingerprint density at radius 3 is 2.83 bits per heavy atom. The molecule has 1 aliphatic carbocycles. The summed E-state index contributed by atoms with van der Waals surface area (Å²) in [6, 6.07) is 3.89. The third-order valence-electron chi connectivity index (χ3n) is 5.60. The standard InChI is InChI=1S/C18H23FN2O3/c19-16-7-14(8-16)17(22)21-11-18(12-21)15(3-6-24-18)10-23-9-13-1-4-20-5-2-13/h1-2,4-5,14-16H,3,6-12H2/t14?,15-,16?/m1/s1. The van der Waals surface area contributed by atoms with Crippen LogP contribution in [0.2, 0.25) is 0 Å². The fourth-order valence-electron chi connectivity index (χ4n) is 3.93. The summed E-state index contributed by atoms with van der Waals surface area (Å²) in [6.45, 7) is 3.18. The van der Waals surface area contributed by atoms with Gasteiger partial charge in [0.2, 0.25) is 5.91 Å². The number of rotatable bonds is 5. The Balaban J connectivity index is 1.26. The van der Waals surface area contributed by atoms with Crippen LogP contribution < -0.4 is 0 Å². The molecule has 0 N–H and O–H groups in total. The van der Waals surface area contributed by atoms with Crippen molar-refractivity contribution in [3.63, 3.8) is 0 Å². The highest BCUT2D eigenvalue weighted by molar-refractivity contribution is 5.81. The maximum atomic E-state index is 12.9. The number of alkyl halides is 1. The van der Waals surface area contributed by atoms with Gasteiger partial charge in [-0.3, -0.25) is 9.78 Å². The quantitative estimate of drug-likeness (QED) is 0.826. The number of nitrogens with zero attached hydrogens (tertiary/aromatic N) is 2. The smallest absolute Gasteiger partial charge is 0.226 e. The molecule has 1 amide bonds. The third kappa shape index (κ3) is 2.93. The lowest BCUT2D eigenvalue weighted by Crippen LogP contribution is -2.68. The molecule has 0 radical (unpaired) electrons. The molecule has 24 heavy (non-hydrogen) atoms. The third-order valence-corrected chi connectivity index (χ3v) is 5.60. The number of amides is 1. The van der Waals surface area contributed by atoms with Crippen LogP contribution in [0.3, 0.4) is 0 Å². The second-order valence-electron chi connectivity index (χ2n) is 7.23. The van der Waals surface area contributed by atoms with Crippen molar-refractivity contribution in [1.82, 2.24) is 9.88 Å². The molecule has 3 fully saturated rings. The number of halogens is 1. The number of ether oxygens (including phenoxy) is 2. The zero-order valence-corrected chi connectivity index (χ0v) is 13.7. The van der Waals surface area contributed by atoms with Gasteiger partial charge < -0.3 is 14.4 Å². The normalized spacial score (nSPS) is 30.9. The van der Waals surface area contributed by atoms with Crippen LogP contribution in [-0.2, 0) is 20.9 Å². The average molecular weight is 334 g/mol. The summed E-state index contributed by atoms with van der Waals surface area (Å²) in [5.41, 5.74) is 0.862. The zero-order chi connectivity index (χ0) is 16.6. The lowest BCUT2D eigenvalue weighted by Gasteiger charge is -2.51. The van der Waals surface area contributed by atoms with E-state index in [-0.39, 0.29) is 17.4 Å². The first kappa shape index (κ1) is 16.0. The summed E-state index contributed by atoms with van der Waals surface area (Å²) >= 11 is 0. The number of hydrogen-bond donors (Lipinski definition) is 0. The van der Waals surface area contributed by atoms with E-state index in [1.165, 1.54) is 0 Å². The van der Waals surface area contributed by atoms with Gasteiger partial charge >= 0.3 is 0 Å². The molecule has 1 aromatic rings. The van der Waals surface area contributed by atoms with Gasteiger partial charge in [0.15, 0.2) is 0 Å². The van der Waals surface area contributed by atoms with E-state index in [9.17, 15) is 9.18 Å². The van der Waals surface area contributed by atoms with Gasteiger partial charge in [-0.15, -0.1) is 0 Å². The van der Waals surface area contributed by atoms with Crippen molar-refractivity contribution in [3.05, 3.63) is 30.1 Å². The largest absolute Gasteiger partial charge is 0.376 e. The van der Waals surface area contributed by atoms with Gasteiger partial charge in [-0.2, -0.15) is 0 Å². The highest BCUT2D eigenvalue weighted by Gasteiger charge is 2.55. The number of likely N-dealkylation sites (tertiary alicyclic amines) is 1. The molecule has 0 unspecified atom stereocenters. The topological polar surface area (TPSA) is 51.7 Å². The van der Waals surface area contributed by atoms with Crippen LogP contribution in [0.15, 0.2) is 24.5 Å². The number of carbonyl (C=O) groups is 1. The van der Waals surface area contributed by atoms with E-state index in [4.69, 9.17) is 9.47 Å². The Morgan fingerprint density at radius 2 is 2.12 bits per heavy atom. The molecule has 1 aromatic heterocycles. The summed E-state index contributed by atoms with van der Waals surface area (Å²) in [4.78, 5) is 18.1. The van der Waals surface area contributed by atoms with Gasteiger partial charge in [-0.1, -0.05) is 0 Å². The summed E-state index contributed by atoms with van der Waals surface area (Å²) in [5.74, 6) is 0.306. The van der Waals surface area contributed by atoms with Crippen molar-refractivity contribution in [2.75, 3.05) is 26.3 Å². The molecule has 5 nitrogen and oxygen atoms in total. The first-order chi connectivity index (χ1) is 11.7. The minimum atomic E-state index is -0.786. The Labute approximate surface area is 141 Å². The van der Waals surface area contributed by atoms with Crippen molar-refractivity contribution in [2.45, 2.75) is 37.6 Å². The minimum Gasteiger partial charge on any atom is -0.376 e. The predicted molar refractivity (Wildman–Crippen MR) is 84.9 cm³/mol. The molecule has 1 atom stereocenters. The van der Waals surface area contributed by atoms with Crippen LogP contribution >= 0.6 is 0 Å². The molecular formula is C18H23FN2O3. The lowest BCUT2D eigenvalue weighted by molar-refractivity contribution is -0.176. The molecule has 1 saturated carbocycles. The summed E-state index contributed by atoms with van der Waals surface area (Å²) < 4.78 is 24.8. The molecule has 4 rings (SSSR count). The number of carbonyl (C=O) groups excluding carboxylic acids is 1. The molecule has 1 spiro atoms. The summed E-state index contributed by atoms with van der Waals surface area (Å²) in [5, 5.41) is 0. The van der Waals surface area contributed by atoms with E-state index in [0.29, 0.717) is 45.1 Å². The maximum absolute atomic E-state index is 12.9. The first-order valence-corrected chi connectivity index (χ1v) is 8.70. The Morgan fingerprint density at radius 1 is 1.38 bits per heavy atom. The Hall–Kier alpha value is -1.53. The summed E-state index contributed by atoms with van der Waals surface area (Å²) in [6.07, 6.45) is 4.48. The summed E-state index contributed by atoms with van der Waals surface area (Å²) in [7, 11) is 0. The van der Waals surface area contributed by atoms with Crippen molar-refractivity contribution in [1.29, 1.82) is 0 Å². The highest BCUT2D eigenvalue weighted by Crippen LogP contribution is 2.42. The van der Waals surface area contributed by atoms with Crippen molar-refractivity contribution in [2.24, 2.45) is 11.8 Å². The van der Waals surface area contributed by atoms with Gasteiger partial charge in [0.05, 0.1) is 26.3 Å².